The fourth-order valence-electron chi connectivity index (χ4n) is 5.23. The van der Waals surface area contributed by atoms with Crippen molar-refractivity contribution < 1.29 is 24.3 Å². The van der Waals surface area contributed by atoms with Crippen molar-refractivity contribution >= 4 is 12.1 Å². The number of hydrogen-bond acceptors (Lipinski definition) is 4. The average molecular weight is 476 g/mol. The molecule has 5 atom stereocenters. The summed E-state index contributed by atoms with van der Waals surface area (Å²) < 4.78 is 5.52. The zero-order valence-electron chi connectivity index (χ0n) is 22.1. The number of benzene rings is 1. The minimum Gasteiger partial charge on any atom is -0.481 e. The van der Waals surface area contributed by atoms with Gasteiger partial charge in [-0.05, 0) is 75.2 Å². The van der Waals surface area contributed by atoms with Crippen LogP contribution in [0.15, 0.2) is 30.3 Å². The smallest absolute Gasteiger partial charge is 0.434 e. The lowest BCUT2D eigenvalue weighted by molar-refractivity contribution is -0.171. The van der Waals surface area contributed by atoms with E-state index >= 15 is 0 Å². The van der Waals surface area contributed by atoms with E-state index in [2.05, 4.69) is 27.7 Å². The number of ether oxygens (including phenoxy) is 1. The maximum Gasteiger partial charge on any atom is 0.434 e. The van der Waals surface area contributed by atoms with Gasteiger partial charge in [0.25, 0.3) is 0 Å². The molecule has 1 aromatic rings. The third-order valence-electron chi connectivity index (χ3n) is 7.02. The van der Waals surface area contributed by atoms with Crippen LogP contribution in [-0.4, -0.2) is 34.4 Å². The molecule has 1 N–H and O–H groups in total. The van der Waals surface area contributed by atoms with Gasteiger partial charge in [0.2, 0.25) is 0 Å². The summed E-state index contributed by atoms with van der Waals surface area (Å²) in [5.74, 6) is 0.944. The van der Waals surface area contributed by atoms with Crippen molar-refractivity contribution in [1.82, 2.24) is 5.06 Å². The Morgan fingerprint density at radius 1 is 1.09 bits per heavy atom. The first-order chi connectivity index (χ1) is 15.9. The molecule has 0 bridgehead atoms. The van der Waals surface area contributed by atoms with E-state index in [1.54, 1.807) is 20.8 Å². The number of carboxylic acid groups (broad SMARTS) is 1. The zero-order valence-corrected chi connectivity index (χ0v) is 22.1. The summed E-state index contributed by atoms with van der Waals surface area (Å²) in [6, 6.07) is 9.51. The van der Waals surface area contributed by atoms with Gasteiger partial charge < -0.3 is 9.84 Å². The molecule has 4 unspecified atom stereocenters. The van der Waals surface area contributed by atoms with Crippen LogP contribution < -0.4 is 0 Å². The highest BCUT2D eigenvalue weighted by molar-refractivity contribution is 5.72. The van der Waals surface area contributed by atoms with E-state index in [4.69, 9.17) is 9.57 Å². The molecule has 1 aromatic carbocycles. The third-order valence-corrected chi connectivity index (χ3v) is 7.02. The number of carbonyl (C=O) groups excluding carboxylic acids is 1. The third kappa shape index (κ3) is 8.94. The van der Waals surface area contributed by atoms with Crippen molar-refractivity contribution in [2.75, 3.05) is 6.54 Å². The number of nitrogens with zero attached hydrogens (tertiary/aromatic N) is 1. The summed E-state index contributed by atoms with van der Waals surface area (Å²) in [5.41, 5.74) is 0.187. The van der Waals surface area contributed by atoms with Gasteiger partial charge in [0, 0.05) is 0 Å². The minimum absolute atomic E-state index is 0.0456. The van der Waals surface area contributed by atoms with E-state index in [1.165, 1.54) is 12.8 Å². The van der Waals surface area contributed by atoms with Crippen molar-refractivity contribution in [3.05, 3.63) is 35.9 Å². The monoisotopic (exact) mass is 475 g/mol. The Labute approximate surface area is 206 Å². The Morgan fingerprint density at radius 2 is 1.74 bits per heavy atom. The van der Waals surface area contributed by atoms with Crippen molar-refractivity contribution in [2.24, 2.45) is 35.5 Å². The van der Waals surface area contributed by atoms with E-state index in [1.807, 2.05) is 30.3 Å². The molecule has 0 heterocycles. The number of hydrogen-bond donors (Lipinski definition) is 1. The summed E-state index contributed by atoms with van der Waals surface area (Å²) in [4.78, 5) is 31.0. The number of carbonyl (C=O) groups is 2. The van der Waals surface area contributed by atoms with Crippen LogP contribution in [0.25, 0.3) is 0 Å². The molecule has 0 aromatic heterocycles. The molecular weight excluding hydrogens is 430 g/mol. The molecule has 192 valence electrons. The van der Waals surface area contributed by atoms with Crippen LogP contribution in [0.2, 0.25) is 0 Å². The molecule has 6 heteroatoms. The molecule has 1 aliphatic rings. The van der Waals surface area contributed by atoms with E-state index in [-0.39, 0.29) is 19.1 Å². The van der Waals surface area contributed by atoms with Gasteiger partial charge in [0.15, 0.2) is 0 Å². The van der Waals surface area contributed by atoms with Gasteiger partial charge in [-0.3, -0.25) is 9.63 Å². The molecule has 0 aliphatic heterocycles. The Balaban J connectivity index is 2.15. The van der Waals surface area contributed by atoms with Gasteiger partial charge in [0.1, 0.15) is 12.2 Å². The molecule has 1 saturated carbocycles. The summed E-state index contributed by atoms with van der Waals surface area (Å²) >= 11 is 0. The topological polar surface area (TPSA) is 76.1 Å². The predicted octanol–water partition coefficient (Wildman–Crippen LogP) is 6.79. The van der Waals surface area contributed by atoms with Gasteiger partial charge >= 0.3 is 12.1 Å². The first-order valence-electron chi connectivity index (χ1n) is 12.8. The van der Waals surface area contributed by atoms with Crippen molar-refractivity contribution in [3.8, 4) is 0 Å². The second-order valence-electron chi connectivity index (χ2n) is 11.5. The Kier molecular flexibility index (Phi) is 10.4. The van der Waals surface area contributed by atoms with Crippen LogP contribution in [0.1, 0.15) is 79.7 Å². The maximum atomic E-state index is 12.9. The van der Waals surface area contributed by atoms with E-state index in [0.29, 0.717) is 30.1 Å². The summed E-state index contributed by atoms with van der Waals surface area (Å²) in [7, 11) is 0. The predicted molar refractivity (Wildman–Crippen MR) is 134 cm³/mol. The maximum absolute atomic E-state index is 12.9. The number of hydroxylamine groups is 2. The molecule has 0 saturated heterocycles. The second-order valence-corrected chi connectivity index (χ2v) is 11.5. The van der Waals surface area contributed by atoms with Crippen LogP contribution in [0, 0.1) is 35.5 Å². The number of rotatable bonds is 10. The molecule has 0 radical (unpaired) electrons. The number of aliphatic carboxylic acids is 1. The Morgan fingerprint density at radius 3 is 2.29 bits per heavy atom. The summed E-state index contributed by atoms with van der Waals surface area (Å²) in [6.07, 6.45) is 3.43. The second kappa shape index (κ2) is 12.6. The SMILES string of the molecule is CC1CCC(C(C)C)C(C(C)C[C@@H](CN(OCc2ccccc2)C(=O)OC(C)(C)C)C(=O)O)C1. The van der Waals surface area contributed by atoms with Crippen molar-refractivity contribution in [2.45, 2.75) is 86.4 Å². The normalized spacial score (nSPS) is 22.8. The molecular formula is C28H45NO5. The van der Waals surface area contributed by atoms with Gasteiger partial charge in [0.05, 0.1) is 12.5 Å². The fourth-order valence-corrected chi connectivity index (χ4v) is 5.23. The van der Waals surface area contributed by atoms with Gasteiger partial charge in [-0.2, -0.15) is 5.06 Å². The zero-order chi connectivity index (χ0) is 25.5. The standard InChI is InChI=1S/C28H45NO5/c1-19(2)24-14-13-20(3)15-25(24)21(4)16-23(26(30)31)17-29(27(32)34-28(5,6)7)33-18-22-11-9-8-10-12-22/h8-12,19-21,23-25H,13-18H2,1-7H3,(H,30,31)/t20?,21?,23-,24?,25?/m0/s1. The van der Waals surface area contributed by atoms with Crippen LogP contribution in [0.4, 0.5) is 4.79 Å². The Bertz CT molecular complexity index is 773. The molecule has 0 spiro atoms. The van der Waals surface area contributed by atoms with Crippen LogP contribution in [0.5, 0.6) is 0 Å². The number of amides is 1. The first kappa shape index (κ1) is 28.2. The highest BCUT2D eigenvalue weighted by Crippen LogP contribution is 2.43. The van der Waals surface area contributed by atoms with E-state index in [0.717, 1.165) is 17.0 Å². The van der Waals surface area contributed by atoms with Gasteiger partial charge in [-0.1, -0.05) is 64.4 Å². The van der Waals surface area contributed by atoms with Crippen LogP contribution in [-0.2, 0) is 21.0 Å². The Hall–Kier alpha value is -2.08. The fraction of sp³-hybridized carbons (Fsp3) is 0.714. The summed E-state index contributed by atoms with van der Waals surface area (Å²) in [6.45, 7) is 14.5. The summed E-state index contributed by atoms with van der Waals surface area (Å²) in [5, 5.41) is 11.2. The van der Waals surface area contributed by atoms with Gasteiger partial charge in [-0.15, -0.1) is 0 Å². The first-order valence-corrected chi connectivity index (χ1v) is 12.8. The van der Waals surface area contributed by atoms with Crippen LogP contribution in [0.3, 0.4) is 0 Å². The molecule has 6 nitrogen and oxygen atoms in total. The minimum atomic E-state index is -0.909. The van der Waals surface area contributed by atoms with Crippen molar-refractivity contribution in [3.63, 3.8) is 0 Å². The molecule has 1 amide bonds. The molecule has 1 fully saturated rings. The largest absolute Gasteiger partial charge is 0.481 e. The highest BCUT2D eigenvalue weighted by atomic mass is 16.7. The van der Waals surface area contributed by atoms with Gasteiger partial charge in [-0.25, -0.2) is 4.79 Å². The quantitative estimate of drug-likeness (QED) is 0.377. The molecule has 1 aliphatic carbocycles. The molecule has 34 heavy (non-hydrogen) atoms. The lowest BCUT2D eigenvalue weighted by Crippen LogP contribution is -2.42. The van der Waals surface area contributed by atoms with E-state index < -0.39 is 23.6 Å². The van der Waals surface area contributed by atoms with Crippen LogP contribution >= 0.6 is 0 Å². The van der Waals surface area contributed by atoms with Crippen molar-refractivity contribution in [1.29, 1.82) is 0 Å². The highest BCUT2D eigenvalue weighted by Gasteiger charge is 2.37. The number of carboxylic acids is 1. The average Bonchev–Trinajstić information content (AvgIpc) is 2.74. The van der Waals surface area contributed by atoms with E-state index in [9.17, 15) is 14.7 Å². The lowest BCUT2D eigenvalue weighted by Gasteiger charge is -2.41. The molecule has 2 rings (SSSR count). The lowest BCUT2D eigenvalue weighted by atomic mass is 9.64.